The number of piperidine rings is 1. The molecule has 4 heterocycles. The van der Waals surface area contributed by atoms with E-state index in [0.717, 1.165) is 50.2 Å². The van der Waals surface area contributed by atoms with Crippen molar-refractivity contribution in [3.05, 3.63) is 42.4 Å². The molecule has 0 saturated carbocycles. The van der Waals surface area contributed by atoms with Gasteiger partial charge in [0.05, 0.1) is 30.3 Å². The highest BCUT2D eigenvalue weighted by Crippen LogP contribution is 2.36. The van der Waals surface area contributed by atoms with Crippen LogP contribution in [0.5, 0.6) is 11.6 Å². The first-order valence-electron chi connectivity index (χ1n) is 13.9. The second-order valence-electron chi connectivity index (χ2n) is 11.1. The predicted molar refractivity (Wildman–Crippen MR) is 153 cm³/mol. The molecule has 38 heavy (non-hydrogen) atoms. The van der Waals surface area contributed by atoms with Gasteiger partial charge in [-0.15, -0.1) is 0 Å². The van der Waals surface area contributed by atoms with Crippen molar-refractivity contribution in [3.63, 3.8) is 0 Å². The highest BCUT2D eigenvalue weighted by atomic mass is 16.5. The molecule has 204 valence electrons. The van der Waals surface area contributed by atoms with Crippen molar-refractivity contribution in [3.8, 4) is 22.9 Å². The van der Waals surface area contributed by atoms with Crippen LogP contribution in [-0.4, -0.2) is 76.4 Å². The van der Waals surface area contributed by atoms with Crippen LogP contribution in [0.15, 0.2) is 36.8 Å². The van der Waals surface area contributed by atoms with E-state index in [1.165, 1.54) is 24.1 Å². The standard InChI is InChI=1S/C29H42N8O/c1-6-27(34(3)4)22-14-21(15-24(16-22)36-11-7-8-20(36)2)26-18-31-28(30)29(33-26)38-25-17-32-37(19-25)23-9-12-35(5)13-10-23/h14-20,23,27H,6-13H2,1-5H3,(H2,30,31). The largest absolute Gasteiger partial charge is 0.433 e. The lowest BCUT2D eigenvalue weighted by atomic mass is 9.98. The van der Waals surface area contributed by atoms with E-state index >= 15 is 0 Å². The average molecular weight is 519 g/mol. The molecule has 2 unspecified atom stereocenters. The Labute approximate surface area is 226 Å². The molecule has 3 aromatic rings. The summed E-state index contributed by atoms with van der Waals surface area (Å²) in [7, 11) is 6.44. The maximum atomic E-state index is 6.22. The fourth-order valence-electron chi connectivity index (χ4n) is 5.90. The lowest BCUT2D eigenvalue weighted by Crippen LogP contribution is -2.31. The Morgan fingerprint density at radius 1 is 1.11 bits per heavy atom. The zero-order valence-electron chi connectivity index (χ0n) is 23.5. The van der Waals surface area contributed by atoms with E-state index in [-0.39, 0.29) is 5.82 Å². The molecule has 0 spiro atoms. The van der Waals surface area contributed by atoms with Crippen LogP contribution in [0.2, 0.25) is 0 Å². The number of benzene rings is 1. The Hall–Kier alpha value is -3.17. The van der Waals surface area contributed by atoms with Gasteiger partial charge in [-0.3, -0.25) is 4.68 Å². The lowest BCUT2D eigenvalue weighted by Gasteiger charge is -2.28. The molecule has 0 aliphatic carbocycles. The first-order chi connectivity index (χ1) is 18.3. The van der Waals surface area contributed by atoms with Gasteiger partial charge in [-0.05, 0) is 97.0 Å². The molecule has 9 nitrogen and oxygen atoms in total. The molecular weight excluding hydrogens is 476 g/mol. The van der Waals surface area contributed by atoms with Gasteiger partial charge in [-0.1, -0.05) is 6.92 Å². The summed E-state index contributed by atoms with van der Waals surface area (Å²) in [5.41, 5.74) is 10.5. The molecule has 2 saturated heterocycles. The minimum absolute atomic E-state index is 0.269. The van der Waals surface area contributed by atoms with Gasteiger partial charge in [-0.2, -0.15) is 5.10 Å². The summed E-state index contributed by atoms with van der Waals surface area (Å²) in [6, 6.07) is 8.04. The Kier molecular flexibility index (Phi) is 7.85. The first-order valence-corrected chi connectivity index (χ1v) is 13.9. The lowest BCUT2D eigenvalue weighted by molar-refractivity contribution is 0.212. The van der Waals surface area contributed by atoms with Gasteiger partial charge in [0, 0.05) is 29.9 Å². The number of aromatic nitrogens is 4. The third-order valence-corrected chi connectivity index (χ3v) is 8.14. The maximum Gasteiger partial charge on any atom is 0.263 e. The van der Waals surface area contributed by atoms with Crippen LogP contribution in [0, 0.1) is 0 Å². The topological polar surface area (TPSA) is 88.6 Å². The van der Waals surface area contributed by atoms with Crippen molar-refractivity contribution in [1.29, 1.82) is 0 Å². The molecule has 2 aromatic heterocycles. The zero-order valence-corrected chi connectivity index (χ0v) is 23.5. The van der Waals surface area contributed by atoms with Gasteiger partial charge in [0.1, 0.15) is 0 Å². The Morgan fingerprint density at radius 3 is 2.58 bits per heavy atom. The molecule has 0 amide bonds. The van der Waals surface area contributed by atoms with E-state index in [9.17, 15) is 0 Å². The number of anilines is 2. The van der Waals surface area contributed by atoms with Crippen LogP contribution in [0.25, 0.3) is 11.3 Å². The van der Waals surface area contributed by atoms with E-state index in [1.54, 1.807) is 12.4 Å². The molecule has 5 rings (SSSR count). The molecular formula is C29H42N8O. The fraction of sp³-hybridized carbons (Fsp3) is 0.552. The number of nitrogen functional groups attached to an aromatic ring is 1. The summed E-state index contributed by atoms with van der Waals surface area (Å²) < 4.78 is 8.15. The Bertz CT molecular complexity index is 1210. The summed E-state index contributed by atoms with van der Waals surface area (Å²) in [6.07, 6.45) is 11.0. The van der Waals surface area contributed by atoms with Crippen molar-refractivity contribution >= 4 is 11.5 Å². The van der Waals surface area contributed by atoms with Crippen LogP contribution in [0.4, 0.5) is 11.5 Å². The molecule has 1 aromatic carbocycles. The monoisotopic (exact) mass is 518 g/mol. The summed E-state index contributed by atoms with van der Waals surface area (Å²) in [4.78, 5) is 16.4. The predicted octanol–water partition coefficient (Wildman–Crippen LogP) is 4.98. The number of rotatable bonds is 8. The molecule has 2 atom stereocenters. The van der Waals surface area contributed by atoms with Crippen LogP contribution in [0.3, 0.4) is 0 Å². The normalized spacial score (nSPS) is 19.8. The quantitative estimate of drug-likeness (QED) is 0.447. The minimum atomic E-state index is 0.269. The van der Waals surface area contributed by atoms with Gasteiger partial charge in [0.15, 0.2) is 11.6 Å². The fourth-order valence-corrected chi connectivity index (χ4v) is 5.90. The third kappa shape index (κ3) is 5.63. The average Bonchev–Trinajstić information content (AvgIpc) is 3.55. The van der Waals surface area contributed by atoms with E-state index in [2.05, 4.69) is 78.0 Å². The number of hydrogen-bond acceptors (Lipinski definition) is 8. The molecule has 9 heteroatoms. The van der Waals surface area contributed by atoms with Gasteiger partial charge < -0.3 is 25.2 Å². The SMILES string of the molecule is CCC(c1cc(-c2cnc(N)c(Oc3cnn(C4CCN(C)CC4)c3)n2)cc(N2CCCC2C)c1)N(C)C. The summed E-state index contributed by atoms with van der Waals surface area (Å²) in [6.45, 7) is 7.77. The van der Waals surface area contributed by atoms with E-state index in [4.69, 9.17) is 15.5 Å². The van der Waals surface area contributed by atoms with Gasteiger partial charge in [-0.25, -0.2) is 9.97 Å². The number of ether oxygens (including phenoxy) is 1. The van der Waals surface area contributed by atoms with Crippen LogP contribution < -0.4 is 15.4 Å². The van der Waals surface area contributed by atoms with Crippen molar-refractivity contribution in [2.75, 3.05) is 51.4 Å². The van der Waals surface area contributed by atoms with E-state index in [1.807, 2.05) is 10.9 Å². The molecule has 2 fully saturated rings. The van der Waals surface area contributed by atoms with Gasteiger partial charge >= 0.3 is 0 Å². The Balaban J connectivity index is 1.45. The molecule has 2 N–H and O–H groups in total. The maximum absolute atomic E-state index is 6.22. The van der Waals surface area contributed by atoms with Gasteiger partial charge in [0.25, 0.3) is 5.88 Å². The number of likely N-dealkylation sites (tertiary alicyclic amines) is 1. The van der Waals surface area contributed by atoms with E-state index < -0.39 is 0 Å². The third-order valence-electron chi connectivity index (χ3n) is 8.14. The van der Waals surface area contributed by atoms with Gasteiger partial charge in [0.2, 0.25) is 0 Å². The smallest absolute Gasteiger partial charge is 0.263 e. The zero-order chi connectivity index (χ0) is 26.8. The van der Waals surface area contributed by atoms with Crippen LogP contribution >= 0.6 is 0 Å². The van der Waals surface area contributed by atoms with Crippen LogP contribution in [-0.2, 0) is 0 Å². The molecule has 2 aliphatic rings. The summed E-state index contributed by atoms with van der Waals surface area (Å²) in [5, 5.41) is 4.56. The first kappa shape index (κ1) is 26.4. The number of nitrogens with zero attached hydrogens (tertiary/aromatic N) is 7. The second-order valence-corrected chi connectivity index (χ2v) is 11.1. The minimum Gasteiger partial charge on any atom is -0.433 e. The van der Waals surface area contributed by atoms with E-state index in [0.29, 0.717) is 29.8 Å². The highest BCUT2D eigenvalue weighted by molar-refractivity contribution is 5.69. The van der Waals surface area contributed by atoms with Crippen molar-refractivity contribution in [1.82, 2.24) is 29.5 Å². The number of nitrogens with two attached hydrogens (primary N) is 1. The van der Waals surface area contributed by atoms with Crippen LogP contribution in [0.1, 0.15) is 63.6 Å². The molecule has 2 aliphatic heterocycles. The van der Waals surface area contributed by atoms with Crippen molar-refractivity contribution in [2.45, 2.75) is 64.1 Å². The highest BCUT2D eigenvalue weighted by Gasteiger charge is 2.24. The molecule has 0 radical (unpaired) electrons. The van der Waals surface area contributed by atoms with Crippen molar-refractivity contribution in [2.24, 2.45) is 0 Å². The second kappa shape index (κ2) is 11.3. The number of hydrogen-bond donors (Lipinski definition) is 1. The molecule has 0 bridgehead atoms. The summed E-state index contributed by atoms with van der Waals surface area (Å²) in [5.74, 6) is 1.21. The summed E-state index contributed by atoms with van der Waals surface area (Å²) >= 11 is 0. The van der Waals surface area contributed by atoms with Crippen molar-refractivity contribution < 1.29 is 4.74 Å². The Morgan fingerprint density at radius 2 is 1.89 bits per heavy atom.